The third kappa shape index (κ3) is 5.61. The maximum Gasteiger partial charge on any atom is 0.255 e. The van der Waals surface area contributed by atoms with E-state index in [4.69, 9.17) is 0 Å². The highest BCUT2D eigenvalue weighted by molar-refractivity contribution is 7.92. The summed E-state index contributed by atoms with van der Waals surface area (Å²) >= 11 is 0. The Morgan fingerprint density at radius 1 is 0.960 bits per heavy atom. The summed E-state index contributed by atoms with van der Waals surface area (Å²) in [6.45, 7) is 3.22. The molecule has 0 fully saturated rings. The van der Waals surface area contributed by atoms with E-state index in [1.807, 2.05) is 6.92 Å². The Morgan fingerprint density at radius 3 is 2.28 bits per heavy atom. The van der Waals surface area contributed by atoms with E-state index in [9.17, 15) is 18.0 Å². The molecule has 0 bridgehead atoms. The van der Waals surface area contributed by atoms with Crippen LogP contribution in [0.4, 0.5) is 17.1 Å². The van der Waals surface area contributed by atoms with Gasteiger partial charge in [-0.3, -0.25) is 14.3 Å². The maximum absolute atomic E-state index is 12.4. The molecule has 0 aromatic heterocycles. The van der Waals surface area contributed by atoms with Crippen LogP contribution in [-0.4, -0.2) is 26.5 Å². The Morgan fingerprint density at radius 2 is 1.64 bits per heavy atom. The number of amides is 2. The molecule has 25 heavy (non-hydrogen) atoms. The van der Waals surface area contributed by atoms with Crippen LogP contribution in [0.5, 0.6) is 0 Å². The van der Waals surface area contributed by atoms with E-state index in [1.54, 1.807) is 36.4 Å². The third-order valence-electron chi connectivity index (χ3n) is 3.23. The zero-order chi connectivity index (χ0) is 18.6. The van der Waals surface area contributed by atoms with Crippen LogP contribution in [0.15, 0.2) is 42.5 Å². The third-order valence-corrected chi connectivity index (χ3v) is 3.84. The highest BCUT2D eigenvalue weighted by Gasteiger charge is 2.10. The van der Waals surface area contributed by atoms with E-state index in [2.05, 4.69) is 15.4 Å². The minimum absolute atomic E-state index is 0.222. The van der Waals surface area contributed by atoms with Crippen molar-refractivity contribution in [2.24, 2.45) is 0 Å². The molecule has 0 radical (unpaired) electrons. The first-order chi connectivity index (χ1) is 11.6. The number of hydrogen-bond acceptors (Lipinski definition) is 4. The predicted molar refractivity (Wildman–Crippen MR) is 98.3 cm³/mol. The molecule has 2 aromatic rings. The molecule has 7 nitrogen and oxygen atoms in total. The first-order valence-corrected chi connectivity index (χ1v) is 9.30. The van der Waals surface area contributed by atoms with Gasteiger partial charge in [0.25, 0.3) is 5.91 Å². The molecule has 0 spiro atoms. The first kappa shape index (κ1) is 18.5. The molecule has 2 amide bonds. The lowest BCUT2D eigenvalue weighted by atomic mass is 10.1. The molecule has 0 unspecified atom stereocenters. The Labute approximate surface area is 146 Å². The average molecular weight is 361 g/mol. The van der Waals surface area contributed by atoms with Crippen molar-refractivity contribution in [1.29, 1.82) is 0 Å². The lowest BCUT2D eigenvalue weighted by Crippen LogP contribution is -2.14. The minimum Gasteiger partial charge on any atom is -0.326 e. The van der Waals surface area contributed by atoms with Crippen LogP contribution < -0.4 is 15.4 Å². The van der Waals surface area contributed by atoms with E-state index in [0.717, 1.165) is 11.8 Å². The molecule has 0 saturated carbocycles. The monoisotopic (exact) mass is 361 g/mol. The summed E-state index contributed by atoms with van der Waals surface area (Å²) in [5, 5.41) is 5.37. The molecule has 0 aliphatic carbocycles. The van der Waals surface area contributed by atoms with E-state index in [-0.39, 0.29) is 11.8 Å². The van der Waals surface area contributed by atoms with Gasteiger partial charge in [0.2, 0.25) is 15.9 Å². The van der Waals surface area contributed by atoms with Crippen LogP contribution in [0.25, 0.3) is 0 Å². The van der Waals surface area contributed by atoms with Crippen LogP contribution in [0, 0.1) is 6.92 Å². The van der Waals surface area contributed by atoms with Crippen LogP contribution in [-0.2, 0) is 14.8 Å². The van der Waals surface area contributed by atoms with Gasteiger partial charge in [-0.15, -0.1) is 0 Å². The zero-order valence-corrected chi connectivity index (χ0v) is 14.9. The largest absolute Gasteiger partial charge is 0.326 e. The van der Waals surface area contributed by atoms with Crippen molar-refractivity contribution < 1.29 is 18.0 Å². The summed E-state index contributed by atoms with van der Waals surface area (Å²) in [7, 11) is -3.40. The van der Waals surface area contributed by atoms with Gasteiger partial charge in [0.1, 0.15) is 0 Å². The second-order valence-corrected chi connectivity index (χ2v) is 7.37. The second kappa shape index (κ2) is 7.35. The van der Waals surface area contributed by atoms with Gasteiger partial charge in [0, 0.05) is 23.9 Å². The van der Waals surface area contributed by atoms with Gasteiger partial charge in [-0.25, -0.2) is 8.42 Å². The Balaban J connectivity index is 2.20. The normalized spacial score (nSPS) is 10.8. The number of sulfonamides is 1. The molecule has 8 heteroatoms. The maximum atomic E-state index is 12.4. The van der Waals surface area contributed by atoms with Crippen LogP contribution in [0.1, 0.15) is 22.8 Å². The van der Waals surface area contributed by atoms with Gasteiger partial charge >= 0.3 is 0 Å². The Bertz CT molecular complexity index is 923. The van der Waals surface area contributed by atoms with Crippen LogP contribution in [0.3, 0.4) is 0 Å². The number of nitrogens with one attached hydrogen (secondary N) is 3. The van der Waals surface area contributed by atoms with Crippen molar-refractivity contribution in [3.63, 3.8) is 0 Å². The number of carbonyl (C=O) groups excluding carboxylic acids is 2. The van der Waals surface area contributed by atoms with Gasteiger partial charge < -0.3 is 10.6 Å². The Kier molecular flexibility index (Phi) is 5.43. The smallest absolute Gasteiger partial charge is 0.255 e. The molecule has 0 aliphatic rings. The van der Waals surface area contributed by atoms with Crippen molar-refractivity contribution in [2.75, 3.05) is 21.6 Å². The molecule has 0 atom stereocenters. The second-order valence-electron chi connectivity index (χ2n) is 5.62. The average Bonchev–Trinajstić information content (AvgIpc) is 2.47. The minimum atomic E-state index is -3.40. The fraction of sp³-hybridized carbons (Fsp3) is 0.176. The fourth-order valence-electron chi connectivity index (χ4n) is 2.17. The molecular formula is C17H19N3O4S. The number of anilines is 3. The highest BCUT2D eigenvalue weighted by atomic mass is 32.2. The molecular weight excluding hydrogens is 342 g/mol. The van der Waals surface area contributed by atoms with E-state index in [0.29, 0.717) is 22.6 Å². The molecule has 3 N–H and O–H groups in total. The van der Waals surface area contributed by atoms with E-state index < -0.39 is 10.0 Å². The van der Waals surface area contributed by atoms with Gasteiger partial charge in [-0.1, -0.05) is 12.1 Å². The van der Waals surface area contributed by atoms with Crippen molar-refractivity contribution >= 4 is 38.9 Å². The lowest BCUT2D eigenvalue weighted by Gasteiger charge is -2.11. The lowest BCUT2D eigenvalue weighted by molar-refractivity contribution is -0.114. The summed E-state index contributed by atoms with van der Waals surface area (Å²) in [5.41, 5.74) is 2.57. The van der Waals surface area contributed by atoms with E-state index in [1.165, 1.54) is 13.0 Å². The fourth-order valence-corrected chi connectivity index (χ4v) is 2.72. The molecule has 0 aliphatic heterocycles. The molecule has 2 rings (SSSR count). The molecule has 132 valence electrons. The quantitative estimate of drug-likeness (QED) is 0.761. The van der Waals surface area contributed by atoms with Gasteiger partial charge in [-0.2, -0.15) is 0 Å². The van der Waals surface area contributed by atoms with Gasteiger partial charge in [0.15, 0.2) is 0 Å². The summed E-state index contributed by atoms with van der Waals surface area (Å²) in [6, 6.07) is 11.3. The summed E-state index contributed by atoms with van der Waals surface area (Å²) in [5.74, 6) is -0.594. The standard InChI is InChI=1S/C17H19N3O4S/c1-11-7-8-13(9-16(11)18-12(2)21)17(22)19-14-5-4-6-15(10-14)20-25(3,23)24/h4-10,20H,1-3H3,(H,18,21)(H,19,22). The Hall–Kier alpha value is -2.87. The summed E-state index contributed by atoms with van der Waals surface area (Å²) < 4.78 is 24.9. The number of carbonyl (C=O) groups is 2. The summed E-state index contributed by atoms with van der Waals surface area (Å²) in [4.78, 5) is 23.6. The predicted octanol–water partition coefficient (Wildman–Crippen LogP) is 2.58. The molecule has 2 aromatic carbocycles. The zero-order valence-electron chi connectivity index (χ0n) is 14.1. The highest BCUT2D eigenvalue weighted by Crippen LogP contribution is 2.20. The molecule has 0 heterocycles. The number of aryl methyl sites for hydroxylation is 1. The van der Waals surface area contributed by atoms with Crippen molar-refractivity contribution in [2.45, 2.75) is 13.8 Å². The topological polar surface area (TPSA) is 104 Å². The molecule has 0 saturated heterocycles. The first-order valence-electron chi connectivity index (χ1n) is 7.41. The van der Waals surface area contributed by atoms with Crippen molar-refractivity contribution in [1.82, 2.24) is 0 Å². The number of hydrogen-bond donors (Lipinski definition) is 3. The van der Waals surface area contributed by atoms with Crippen molar-refractivity contribution in [3.8, 4) is 0 Å². The number of rotatable bonds is 5. The van der Waals surface area contributed by atoms with Crippen LogP contribution >= 0.6 is 0 Å². The SMILES string of the molecule is CC(=O)Nc1cc(C(=O)Nc2cccc(NS(C)(=O)=O)c2)ccc1C. The van der Waals surface area contributed by atoms with E-state index >= 15 is 0 Å². The number of benzene rings is 2. The summed E-state index contributed by atoms with van der Waals surface area (Å²) in [6.07, 6.45) is 1.05. The van der Waals surface area contributed by atoms with Gasteiger partial charge in [0.05, 0.1) is 11.9 Å². The van der Waals surface area contributed by atoms with Gasteiger partial charge in [-0.05, 0) is 42.8 Å². The van der Waals surface area contributed by atoms with Crippen molar-refractivity contribution in [3.05, 3.63) is 53.6 Å². The van der Waals surface area contributed by atoms with Crippen LogP contribution in [0.2, 0.25) is 0 Å².